The number of benzene rings is 1. The Balaban J connectivity index is 1.87. The Labute approximate surface area is 103 Å². The van der Waals surface area contributed by atoms with Crippen LogP contribution in [0, 0.1) is 11.2 Å². The third-order valence-corrected chi connectivity index (χ3v) is 3.87. The summed E-state index contributed by atoms with van der Waals surface area (Å²) in [7, 11) is 0. The quantitative estimate of drug-likeness (QED) is 0.784. The van der Waals surface area contributed by atoms with E-state index in [0.717, 1.165) is 12.1 Å². The van der Waals surface area contributed by atoms with Gasteiger partial charge in [0.05, 0.1) is 0 Å². The van der Waals surface area contributed by atoms with Gasteiger partial charge in [0.25, 0.3) is 0 Å². The van der Waals surface area contributed by atoms with Crippen molar-refractivity contribution in [3.63, 3.8) is 0 Å². The van der Waals surface area contributed by atoms with Crippen LogP contribution in [0.4, 0.5) is 4.39 Å². The topological polar surface area (TPSA) is 12.0 Å². The SMILES string of the molecule is CCCC1(CNC(C)c2cccc(F)c2)CC1. The van der Waals surface area contributed by atoms with E-state index in [1.54, 1.807) is 12.1 Å². The molecule has 1 saturated carbocycles. The van der Waals surface area contributed by atoms with Gasteiger partial charge in [0.1, 0.15) is 5.82 Å². The van der Waals surface area contributed by atoms with Crippen LogP contribution in [-0.2, 0) is 0 Å². The molecule has 1 aromatic rings. The molecule has 0 spiro atoms. The summed E-state index contributed by atoms with van der Waals surface area (Å²) in [6.45, 7) is 5.42. The van der Waals surface area contributed by atoms with E-state index in [-0.39, 0.29) is 11.9 Å². The van der Waals surface area contributed by atoms with Crippen LogP contribution in [0.2, 0.25) is 0 Å². The molecule has 1 aliphatic rings. The predicted molar refractivity (Wildman–Crippen MR) is 69.4 cm³/mol. The first-order valence-corrected chi connectivity index (χ1v) is 6.64. The summed E-state index contributed by atoms with van der Waals surface area (Å²) in [6, 6.07) is 7.12. The Kier molecular flexibility index (Phi) is 3.82. The zero-order valence-electron chi connectivity index (χ0n) is 10.8. The first kappa shape index (κ1) is 12.6. The Bertz CT molecular complexity index is 371. The van der Waals surface area contributed by atoms with Gasteiger partial charge in [-0.25, -0.2) is 4.39 Å². The van der Waals surface area contributed by atoms with E-state index >= 15 is 0 Å². The summed E-state index contributed by atoms with van der Waals surface area (Å²) in [6.07, 6.45) is 5.28. The molecule has 0 bridgehead atoms. The second-order valence-corrected chi connectivity index (χ2v) is 5.41. The van der Waals surface area contributed by atoms with Gasteiger partial charge < -0.3 is 5.32 Å². The maximum atomic E-state index is 13.1. The van der Waals surface area contributed by atoms with E-state index in [9.17, 15) is 4.39 Å². The largest absolute Gasteiger partial charge is 0.310 e. The Morgan fingerprint density at radius 1 is 1.41 bits per heavy atom. The molecule has 2 heteroatoms. The van der Waals surface area contributed by atoms with Crippen molar-refractivity contribution >= 4 is 0 Å². The smallest absolute Gasteiger partial charge is 0.123 e. The lowest BCUT2D eigenvalue weighted by molar-refractivity contribution is 0.397. The van der Waals surface area contributed by atoms with E-state index in [1.165, 1.54) is 31.7 Å². The normalized spacial score (nSPS) is 19.0. The highest BCUT2D eigenvalue weighted by Crippen LogP contribution is 2.49. The molecule has 0 amide bonds. The average Bonchev–Trinajstić information content (AvgIpc) is 3.07. The second kappa shape index (κ2) is 5.18. The van der Waals surface area contributed by atoms with E-state index < -0.39 is 0 Å². The van der Waals surface area contributed by atoms with Crippen molar-refractivity contribution in [2.24, 2.45) is 5.41 Å². The first-order chi connectivity index (χ1) is 8.15. The Morgan fingerprint density at radius 3 is 2.76 bits per heavy atom. The molecule has 0 aliphatic heterocycles. The molecule has 0 heterocycles. The second-order valence-electron chi connectivity index (χ2n) is 5.41. The van der Waals surface area contributed by atoms with Gasteiger partial charge in [0.15, 0.2) is 0 Å². The van der Waals surface area contributed by atoms with Gasteiger partial charge in [0, 0.05) is 12.6 Å². The number of nitrogens with one attached hydrogen (secondary N) is 1. The van der Waals surface area contributed by atoms with Gasteiger partial charge in [-0.2, -0.15) is 0 Å². The van der Waals surface area contributed by atoms with Crippen molar-refractivity contribution < 1.29 is 4.39 Å². The molecule has 1 fully saturated rings. The predicted octanol–water partition coefficient (Wildman–Crippen LogP) is 4.06. The fourth-order valence-corrected chi connectivity index (χ4v) is 2.49. The molecule has 1 unspecified atom stereocenters. The highest BCUT2D eigenvalue weighted by molar-refractivity contribution is 5.19. The number of hydrogen-bond acceptors (Lipinski definition) is 1. The maximum Gasteiger partial charge on any atom is 0.123 e. The van der Waals surface area contributed by atoms with Crippen LogP contribution in [-0.4, -0.2) is 6.54 Å². The maximum absolute atomic E-state index is 13.1. The zero-order valence-corrected chi connectivity index (χ0v) is 10.8. The van der Waals surface area contributed by atoms with Crippen molar-refractivity contribution in [1.82, 2.24) is 5.32 Å². The molecule has 1 aromatic carbocycles. The van der Waals surface area contributed by atoms with Crippen LogP contribution >= 0.6 is 0 Å². The minimum absolute atomic E-state index is 0.147. The summed E-state index contributed by atoms with van der Waals surface area (Å²) in [5.41, 5.74) is 1.59. The van der Waals surface area contributed by atoms with E-state index in [4.69, 9.17) is 0 Å². The fraction of sp³-hybridized carbons (Fsp3) is 0.600. The van der Waals surface area contributed by atoms with Crippen molar-refractivity contribution in [3.05, 3.63) is 35.6 Å². The molecule has 0 aromatic heterocycles. The van der Waals surface area contributed by atoms with Crippen LogP contribution in [0.1, 0.15) is 51.1 Å². The molecule has 1 aliphatic carbocycles. The van der Waals surface area contributed by atoms with Gasteiger partial charge in [-0.05, 0) is 49.3 Å². The van der Waals surface area contributed by atoms with Crippen molar-refractivity contribution in [3.8, 4) is 0 Å². The van der Waals surface area contributed by atoms with Gasteiger partial charge in [-0.15, -0.1) is 0 Å². The molecule has 17 heavy (non-hydrogen) atoms. The third-order valence-electron chi connectivity index (χ3n) is 3.87. The number of hydrogen-bond donors (Lipinski definition) is 1. The Morgan fingerprint density at radius 2 is 2.18 bits per heavy atom. The van der Waals surface area contributed by atoms with E-state index in [0.29, 0.717) is 5.41 Å². The van der Waals surface area contributed by atoms with Crippen molar-refractivity contribution in [2.45, 2.75) is 45.6 Å². The molecule has 1 nitrogen and oxygen atoms in total. The lowest BCUT2D eigenvalue weighted by Crippen LogP contribution is -2.26. The van der Waals surface area contributed by atoms with Crippen molar-refractivity contribution in [1.29, 1.82) is 0 Å². The van der Waals surface area contributed by atoms with Gasteiger partial charge >= 0.3 is 0 Å². The fourth-order valence-electron chi connectivity index (χ4n) is 2.49. The average molecular weight is 235 g/mol. The van der Waals surface area contributed by atoms with Crippen LogP contribution in [0.3, 0.4) is 0 Å². The monoisotopic (exact) mass is 235 g/mol. The van der Waals surface area contributed by atoms with E-state index in [1.807, 2.05) is 6.07 Å². The van der Waals surface area contributed by atoms with Crippen molar-refractivity contribution in [2.75, 3.05) is 6.54 Å². The summed E-state index contributed by atoms with van der Waals surface area (Å²) in [4.78, 5) is 0. The lowest BCUT2D eigenvalue weighted by atomic mass is 9.99. The van der Waals surface area contributed by atoms with Gasteiger partial charge in [-0.1, -0.05) is 25.5 Å². The molecular weight excluding hydrogens is 213 g/mol. The van der Waals surface area contributed by atoms with Crippen LogP contribution < -0.4 is 5.32 Å². The summed E-state index contributed by atoms with van der Waals surface area (Å²) in [5.74, 6) is -0.147. The molecule has 94 valence electrons. The summed E-state index contributed by atoms with van der Waals surface area (Å²) in [5, 5.41) is 3.55. The molecule has 0 radical (unpaired) electrons. The molecular formula is C15H22FN. The molecule has 0 saturated heterocycles. The lowest BCUT2D eigenvalue weighted by Gasteiger charge is -2.20. The Hall–Kier alpha value is -0.890. The highest BCUT2D eigenvalue weighted by atomic mass is 19.1. The van der Waals surface area contributed by atoms with Crippen LogP contribution in [0.15, 0.2) is 24.3 Å². The number of rotatable bonds is 6. The first-order valence-electron chi connectivity index (χ1n) is 6.64. The molecule has 1 N–H and O–H groups in total. The molecule has 1 atom stereocenters. The standard InChI is InChI=1S/C15H22FN/c1-3-7-15(8-9-15)11-17-12(2)13-5-4-6-14(16)10-13/h4-6,10,12,17H,3,7-9,11H2,1-2H3. The van der Waals surface area contributed by atoms with Crippen LogP contribution in [0.25, 0.3) is 0 Å². The minimum Gasteiger partial charge on any atom is -0.310 e. The van der Waals surface area contributed by atoms with Gasteiger partial charge in [0.2, 0.25) is 0 Å². The molecule has 2 rings (SSSR count). The number of halogens is 1. The third kappa shape index (κ3) is 3.29. The summed E-state index contributed by atoms with van der Waals surface area (Å²) < 4.78 is 13.1. The zero-order chi connectivity index (χ0) is 12.3. The minimum atomic E-state index is -0.147. The van der Waals surface area contributed by atoms with Gasteiger partial charge in [-0.3, -0.25) is 0 Å². The van der Waals surface area contributed by atoms with Crippen LogP contribution in [0.5, 0.6) is 0 Å². The van der Waals surface area contributed by atoms with E-state index in [2.05, 4.69) is 19.2 Å². The highest BCUT2D eigenvalue weighted by Gasteiger charge is 2.41. The summed E-state index contributed by atoms with van der Waals surface area (Å²) >= 11 is 0.